The molecule has 3 aliphatic rings. The summed E-state index contributed by atoms with van der Waals surface area (Å²) in [5.41, 5.74) is 4.28. The first-order valence-corrected chi connectivity index (χ1v) is 12.5. The second kappa shape index (κ2) is 8.34. The average molecular weight is 482 g/mol. The molecule has 0 radical (unpaired) electrons. The summed E-state index contributed by atoms with van der Waals surface area (Å²) in [6.07, 6.45) is 2.36. The summed E-state index contributed by atoms with van der Waals surface area (Å²) >= 11 is 8.41. The zero-order chi connectivity index (χ0) is 22.5. The molecule has 6 rings (SSSR count). The molecule has 0 bridgehead atoms. The molecule has 3 aromatic rings. The van der Waals surface area contributed by atoms with Gasteiger partial charge in [0.2, 0.25) is 5.91 Å². The van der Waals surface area contributed by atoms with Gasteiger partial charge in [0.05, 0.1) is 18.9 Å². The Morgan fingerprint density at radius 1 is 1.21 bits per heavy atom. The van der Waals surface area contributed by atoms with Gasteiger partial charge in [-0.1, -0.05) is 29.8 Å². The fourth-order valence-electron chi connectivity index (χ4n) is 5.11. The van der Waals surface area contributed by atoms with Crippen molar-refractivity contribution >= 4 is 34.6 Å². The maximum atomic E-state index is 12.9. The van der Waals surface area contributed by atoms with E-state index < -0.39 is 0 Å². The Hall–Kier alpha value is -2.55. The Morgan fingerprint density at radius 3 is 2.85 bits per heavy atom. The van der Waals surface area contributed by atoms with Crippen LogP contribution < -0.4 is 0 Å². The summed E-state index contributed by atoms with van der Waals surface area (Å²) in [4.78, 5) is 21.2. The summed E-state index contributed by atoms with van der Waals surface area (Å²) in [5.74, 6) is 2.25. The van der Waals surface area contributed by atoms with E-state index in [1.54, 1.807) is 11.3 Å². The highest BCUT2D eigenvalue weighted by Crippen LogP contribution is 2.44. The summed E-state index contributed by atoms with van der Waals surface area (Å²) in [6, 6.07) is 7.87. The fraction of sp³-hybridized carbons (Fsp3) is 0.417. The van der Waals surface area contributed by atoms with Gasteiger partial charge in [0.25, 0.3) is 0 Å². The topological polar surface area (TPSA) is 72.6 Å². The second-order valence-electron chi connectivity index (χ2n) is 8.80. The van der Waals surface area contributed by atoms with Crippen LogP contribution in [0.25, 0.3) is 5.00 Å². The molecule has 7 nitrogen and oxygen atoms in total. The Morgan fingerprint density at radius 2 is 2.03 bits per heavy atom. The van der Waals surface area contributed by atoms with Gasteiger partial charge in [-0.3, -0.25) is 14.4 Å². The molecule has 1 saturated heterocycles. The number of carbonyl (C=O) groups excluding carboxylic acids is 1. The maximum absolute atomic E-state index is 12.9. The largest absolute Gasteiger partial charge is 0.378 e. The van der Waals surface area contributed by atoms with E-state index in [2.05, 4.69) is 14.8 Å². The number of amides is 1. The molecule has 2 aliphatic heterocycles. The van der Waals surface area contributed by atoms with Crippen LogP contribution in [0.15, 0.2) is 29.3 Å². The standard InChI is InChI=1S/C24H24ClN5O2S/c1-14-27-28-20-13-26-23(16-4-2-3-5-18(16)25)22-17-10-15(11-19(17)33-24(22)30(14)20)12-21(31)29-6-8-32-9-7-29/h2-5,15H,6-13H2,1H3/t15-/m0/s1. The van der Waals surface area contributed by atoms with Crippen molar-refractivity contribution < 1.29 is 9.53 Å². The monoisotopic (exact) mass is 481 g/mol. The van der Waals surface area contributed by atoms with Crippen LogP contribution in [-0.2, 0) is 28.9 Å². The minimum absolute atomic E-state index is 0.237. The number of fused-ring (bicyclic) bond motifs is 5. The number of hydrogen-bond acceptors (Lipinski definition) is 6. The number of benzene rings is 1. The Balaban J connectivity index is 1.38. The van der Waals surface area contributed by atoms with E-state index in [9.17, 15) is 4.79 Å². The highest BCUT2D eigenvalue weighted by atomic mass is 35.5. The third-order valence-electron chi connectivity index (χ3n) is 6.71. The predicted molar refractivity (Wildman–Crippen MR) is 128 cm³/mol. The SMILES string of the molecule is Cc1nnc2n1-c1sc3c(c1C(c1ccccc1Cl)=NC2)C[C@H](CC(=O)N1CCOCC1)C3. The number of morpholine rings is 1. The van der Waals surface area contributed by atoms with Gasteiger partial charge >= 0.3 is 0 Å². The van der Waals surface area contributed by atoms with Crippen molar-refractivity contribution in [1.29, 1.82) is 0 Å². The van der Waals surface area contributed by atoms with Crippen molar-refractivity contribution in [2.75, 3.05) is 26.3 Å². The number of halogens is 1. The van der Waals surface area contributed by atoms with E-state index in [-0.39, 0.29) is 5.91 Å². The summed E-state index contributed by atoms with van der Waals surface area (Å²) in [6.45, 7) is 5.10. The van der Waals surface area contributed by atoms with Gasteiger partial charge in [0.15, 0.2) is 5.82 Å². The molecule has 33 heavy (non-hydrogen) atoms. The molecule has 9 heteroatoms. The van der Waals surface area contributed by atoms with E-state index in [1.807, 2.05) is 36.1 Å². The summed E-state index contributed by atoms with van der Waals surface area (Å²) in [5, 5.41) is 10.5. The number of nitrogens with zero attached hydrogens (tertiary/aromatic N) is 5. The predicted octanol–water partition coefficient (Wildman–Crippen LogP) is 3.61. The lowest BCUT2D eigenvalue weighted by Gasteiger charge is -2.27. The molecular formula is C24H24ClN5O2S. The molecule has 4 heterocycles. The van der Waals surface area contributed by atoms with Gasteiger partial charge in [-0.15, -0.1) is 21.5 Å². The molecule has 0 spiro atoms. The minimum atomic E-state index is 0.237. The summed E-state index contributed by atoms with van der Waals surface area (Å²) in [7, 11) is 0. The molecule has 1 aromatic carbocycles. The van der Waals surface area contributed by atoms with Gasteiger partial charge in [-0.05, 0) is 37.3 Å². The number of ether oxygens (including phenoxy) is 1. The first-order valence-electron chi connectivity index (χ1n) is 11.3. The molecule has 0 saturated carbocycles. The third kappa shape index (κ3) is 3.61. The van der Waals surface area contributed by atoms with Crippen LogP contribution in [0.1, 0.15) is 39.6 Å². The molecule has 170 valence electrons. The van der Waals surface area contributed by atoms with E-state index in [0.29, 0.717) is 50.2 Å². The molecule has 1 atom stereocenters. The van der Waals surface area contributed by atoms with Gasteiger partial charge in [0.1, 0.15) is 17.4 Å². The minimum Gasteiger partial charge on any atom is -0.378 e. The number of aromatic nitrogens is 3. The number of aliphatic imine (C=N–C) groups is 1. The maximum Gasteiger partial charge on any atom is 0.223 e. The van der Waals surface area contributed by atoms with Crippen LogP contribution in [0.4, 0.5) is 0 Å². The van der Waals surface area contributed by atoms with Gasteiger partial charge in [0, 0.05) is 40.5 Å². The lowest BCUT2D eigenvalue weighted by Crippen LogP contribution is -2.41. The fourth-order valence-corrected chi connectivity index (χ4v) is 6.85. The lowest BCUT2D eigenvalue weighted by atomic mass is 9.96. The van der Waals surface area contributed by atoms with Crippen LogP contribution in [0, 0.1) is 12.8 Å². The normalized spacial score (nSPS) is 19.5. The van der Waals surface area contributed by atoms with Crippen molar-refractivity contribution in [2.45, 2.75) is 32.7 Å². The number of hydrogen-bond donors (Lipinski definition) is 0. The van der Waals surface area contributed by atoms with Crippen molar-refractivity contribution in [2.24, 2.45) is 10.9 Å². The Labute approximate surface area is 201 Å². The van der Waals surface area contributed by atoms with E-state index in [4.69, 9.17) is 21.3 Å². The quantitative estimate of drug-likeness (QED) is 0.573. The van der Waals surface area contributed by atoms with Crippen molar-refractivity contribution in [3.05, 3.63) is 62.5 Å². The lowest BCUT2D eigenvalue weighted by molar-refractivity contribution is -0.136. The molecule has 1 amide bonds. The number of carbonyl (C=O) groups is 1. The number of rotatable bonds is 3. The van der Waals surface area contributed by atoms with Crippen molar-refractivity contribution in [3.8, 4) is 5.00 Å². The average Bonchev–Trinajstić information content (AvgIpc) is 3.45. The third-order valence-corrected chi connectivity index (χ3v) is 8.27. The van der Waals surface area contributed by atoms with Crippen LogP contribution in [-0.4, -0.2) is 57.6 Å². The highest BCUT2D eigenvalue weighted by Gasteiger charge is 2.35. The van der Waals surface area contributed by atoms with Crippen LogP contribution in [0.3, 0.4) is 0 Å². The Kier molecular flexibility index (Phi) is 5.31. The zero-order valence-corrected chi connectivity index (χ0v) is 20.0. The Bertz CT molecular complexity index is 1270. The first kappa shape index (κ1) is 21.0. The van der Waals surface area contributed by atoms with Crippen LogP contribution in [0.5, 0.6) is 0 Å². The summed E-state index contributed by atoms with van der Waals surface area (Å²) < 4.78 is 7.54. The van der Waals surface area contributed by atoms with E-state index >= 15 is 0 Å². The van der Waals surface area contributed by atoms with Crippen molar-refractivity contribution in [3.63, 3.8) is 0 Å². The molecule has 1 fully saturated rings. The van der Waals surface area contributed by atoms with Gasteiger partial charge in [-0.25, -0.2) is 0 Å². The first-order chi connectivity index (χ1) is 16.1. The molecule has 1 aliphatic carbocycles. The van der Waals surface area contributed by atoms with Crippen LogP contribution >= 0.6 is 22.9 Å². The molecular weight excluding hydrogens is 458 g/mol. The smallest absolute Gasteiger partial charge is 0.223 e. The van der Waals surface area contributed by atoms with Gasteiger partial charge in [-0.2, -0.15) is 0 Å². The molecule has 2 aromatic heterocycles. The second-order valence-corrected chi connectivity index (χ2v) is 10.3. The van der Waals surface area contributed by atoms with E-state index in [0.717, 1.165) is 46.3 Å². The number of aryl methyl sites for hydroxylation is 1. The van der Waals surface area contributed by atoms with Crippen molar-refractivity contribution in [1.82, 2.24) is 19.7 Å². The van der Waals surface area contributed by atoms with E-state index in [1.165, 1.54) is 10.4 Å². The number of thiophene rings is 1. The molecule has 0 unspecified atom stereocenters. The van der Waals surface area contributed by atoms with Gasteiger partial charge < -0.3 is 9.64 Å². The van der Waals surface area contributed by atoms with Crippen LogP contribution in [0.2, 0.25) is 5.02 Å². The zero-order valence-electron chi connectivity index (χ0n) is 18.4. The highest BCUT2D eigenvalue weighted by molar-refractivity contribution is 7.15. The molecule has 0 N–H and O–H groups in total.